The Hall–Kier alpha value is -1.20. The summed E-state index contributed by atoms with van der Waals surface area (Å²) in [5, 5.41) is 10.2. The summed E-state index contributed by atoms with van der Waals surface area (Å²) < 4.78 is 0. The van der Waals surface area contributed by atoms with Gasteiger partial charge < -0.3 is 10.0 Å². The number of aromatic nitrogens is 2. The minimum absolute atomic E-state index is 0.178. The van der Waals surface area contributed by atoms with E-state index in [2.05, 4.69) is 9.97 Å². The Balaban J connectivity index is 2.10. The van der Waals surface area contributed by atoms with Gasteiger partial charge in [0.25, 0.3) is 5.91 Å². The van der Waals surface area contributed by atoms with Crippen LogP contribution in [0.2, 0.25) is 5.15 Å². The highest BCUT2D eigenvalue weighted by molar-refractivity contribution is 6.29. The van der Waals surface area contributed by atoms with Crippen LogP contribution in [0.1, 0.15) is 36.7 Å². The number of rotatable bonds is 1. The molecule has 0 spiro atoms. The van der Waals surface area contributed by atoms with Crippen molar-refractivity contribution in [3.8, 4) is 0 Å². The second-order valence-electron chi connectivity index (χ2n) is 4.87. The number of likely N-dealkylation sites (tertiary alicyclic amines) is 1. The average molecular weight is 270 g/mol. The number of carbonyl (C=O) groups is 1. The standard InChI is InChI=1S/C12H16ClN3O2/c1-12(18)3-2-5-16(6-4-12)11(17)9-7-14-8-10(13)15-9/h7-8,18H,2-6H2,1H3. The molecule has 1 saturated heterocycles. The lowest BCUT2D eigenvalue weighted by Gasteiger charge is -2.22. The van der Waals surface area contributed by atoms with Gasteiger partial charge in [0.1, 0.15) is 10.8 Å². The highest BCUT2D eigenvalue weighted by Crippen LogP contribution is 2.22. The third kappa shape index (κ3) is 3.17. The van der Waals surface area contributed by atoms with Gasteiger partial charge in [0.15, 0.2) is 0 Å². The van der Waals surface area contributed by atoms with Crippen molar-refractivity contribution in [2.24, 2.45) is 0 Å². The molecule has 98 valence electrons. The van der Waals surface area contributed by atoms with Crippen molar-refractivity contribution in [3.05, 3.63) is 23.2 Å². The van der Waals surface area contributed by atoms with Crippen molar-refractivity contribution in [1.29, 1.82) is 0 Å². The molecule has 0 saturated carbocycles. The Morgan fingerprint density at radius 2 is 2.22 bits per heavy atom. The van der Waals surface area contributed by atoms with E-state index in [0.29, 0.717) is 25.9 Å². The lowest BCUT2D eigenvalue weighted by atomic mass is 9.98. The summed E-state index contributed by atoms with van der Waals surface area (Å²) in [5.74, 6) is -0.178. The van der Waals surface area contributed by atoms with Crippen LogP contribution >= 0.6 is 11.6 Å². The van der Waals surface area contributed by atoms with Crippen molar-refractivity contribution in [1.82, 2.24) is 14.9 Å². The van der Waals surface area contributed by atoms with Crippen LogP contribution in [-0.4, -0.2) is 44.6 Å². The lowest BCUT2D eigenvalue weighted by molar-refractivity contribution is 0.0437. The summed E-state index contributed by atoms with van der Waals surface area (Å²) in [6.45, 7) is 2.96. The number of carbonyl (C=O) groups excluding carboxylic acids is 1. The fourth-order valence-electron chi connectivity index (χ4n) is 2.07. The molecular formula is C12H16ClN3O2. The number of amides is 1. The summed E-state index contributed by atoms with van der Waals surface area (Å²) >= 11 is 5.72. The zero-order chi connectivity index (χ0) is 13.2. The molecule has 1 aromatic heterocycles. The van der Waals surface area contributed by atoms with Crippen LogP contribution < -0.4 is 0 Å². The van der Waals surface area contributed by atoms with Crippen molar-refractivity contribution in [2.45, 2.75) is 31.8 Å². The van der Waals surface area contributed by atoms with E-state index in [-0.39, 0.29) is 16.8 Å². The Morgan fingerprint density at radius 3 is 2.94 bits per heavy atom. The molecule has 1 atom stereocenters. The highest BCUT2D eigenvalue weighted by atomic mass is 35.5. The van der Waals surface area contributed by atoms with E-state index in [9.17, 15) is 9.90 Å². The normalized spacial score (nSPS) is 24.7. The largest absolute Gasteiger partial charge is 0.390 e. The predicted molar refractivity (Wildman–Crippen MR) is 67.4 cm³/mol. The Kier molecular flexibility index (Phi) is 3.82. The quantitative estimate of drug-likeness (QED) is 0.839. The molecule has 1 fully saturated rings. The summed E-state index contributed by atoms with van der Waals surface area (Å²) in [6.07, 6.45) is 4.88. The number of halogens is 1. The Bertz CT molecular complexity index is 451. The molecule has 6 heteroatoms. The van der Waals surface area contributed by atoms with Gasteiger partial charge in [-0.1, -0.05) is 11.6 Å². The van der Waals surface area contributed by atoms with E-state index in [1.54, 1.807) is 11.8 Å². The lowest BCUT2D eigenvalue weighted by Crippen LogP contribution is -2.34. The number of hydrogen-bond acceptors (Lipinski definition) is 4. The van der Waals surface area contributed by atoms with Gasteiger partial charge >= 0.3 is 0 Å². The first kappa shape index (κ1) is 13.2. The first-order valence-corrected chi connectivity index (χ1v) is 6.35. The summed E-state index contributed by atoms with van der Waals surface area (Å²) in [7, 11) is 0. The minimum atomic E-state index is -0.685. The maximum absolute atomic E-state index is 12.2. The summed E-state index contributed by atoms with van der Waals surface area (Å²) in [4.78, 5) is 21.7. The van der Waals surface area contributed by atoms with E-state index in [4.69, 9.17) is 11.6 Å². The summed E-state index contributed by atoms with van der Waals surface area (Å²) in [6, 6.07) is 0. The predicted octanol–water partition coefficient (Wildman–Crippen LogP) is 1.51. The van der Waals surface area contributed by atoms with Crippen LogP contribution in [0, 0.1) is 0 Å². The zero-order valence-corrected chi connectivity index (χ0v) is 11.0. The monoisotopic (exact) mass is 269 g/mol. The topological polar surface area (TPSA) is 66.3 Å². The molecule has 1 aromatic rings. The molecule has 0 radical (unpaired) electrons. The first-order chi connectivity index (χ1) is 8.48. The maximum Gasteiger partial charge on any atom is 0.274 e. The average Bonchev–Trinajstić information content (AvgIpc) is 2.49. The van der Waals surface area contributed by atoms with Crippen LogP contribution in [0.3, 0.4) is 0 Å². The molecule has 0 aromatic carbocycles. The molecule has 5 nitrogen and oxygen atoms in total. The second-order valence-corrected chi connectivity index (χ2v) is 5.26. The number of nitrogens with zero attached hydrogens (tertiary/aromatic N) is 3. The molecule has 1 unspecified atom stereocenters. The van der Waals surface area contributed by atoms with Gasteiger partial charge in [-0.25, -0.2) is 4.98 Å². The molecule has 1 aliphatic rings. The summed E-state index contributed by atoms with van der Waals surface area (Å²) in [5.41, 5.74) is -0.432. The van der Waals surface area contributed by atoms with Gasteiger partial charge in [-0.05, 0) is 26.2 Å². The van der Waals surface area contributed by atoms with Crippen molar-refractivity contribution >= 4 is 17.5 Å². The van der Waals surface area contributed by atoms with E-state index in [1.165, 1.54) is 12.4 Å². The molecule has 2 heterocycles. The van der Waals surface area contributed by atoms with Crippen molar-refractivity contribution < 1.29 is 9.90 Å². The minimum Gasteiger partial charge on any atom is -0.390 e. The fraction of sp³-hybridized carbons (Fsp3) is 0.583. The van der Waals surface area contributed by atoms with E-state index < -0.39 is 5.60 Å². The first-order valence-electron chi connectivity index (χ1n) is 5.97. The van der Waals surface area contributed by atoms with Gasteiger partial charge in [-0.3, -0.25) is 9.78 Å². The third-order valence-electron chi connectivity index (χ3n) is 3.18. The molecule has 1 N–H and O–H groups in total. The van der Waals surface area contributed by atoms with E-state index >= 15 is 0 Å². The molecule has 2 rings (SSSR count). The smallest absolute Gasteiger partial charge is 0.274 e. The molecule has 1 aliphatic heterocycles. The van der Waals surface area contributed by atoms with Crippen LogP contribution in [0.4, 0.5) is 0 Å². The highest BCUT2D eigenvalue weighted by Gasteiger charge is 2.28. The number of aliphatic hydroxyl groups is 1. The van der Waals surface area contributed by atoms with Crippen LogP contribution in [0.5, 0.6) is 0 Å². The molecular weight excluding hydrogens is 254 g/mol. The van der Waals surface area contributed by atoms with Gasteiger partial charge in [0.2, 0.25) is 0 Å². The van der Waals surface area contributed by atoms with Crippen LogP contribution in [0.15, 0.2) is 12.4 Å². The molecule has 18 heavy (non-hydrogen) atoms. The second kappa shape index (κ2) is 5.20. The van der Waals surface area contributed by atoms with E-state index in [1.807, 2.05) is 0 Å². The van der Waals surface area contributed by atoms with E-state index in [0.717, 1.165) is 6.42 Å². The SMILES string of the molecule is CC1(O)CCCN(C(=O)c2cncc(Cl)n2)CC1. The van der Waals surface area contributed by atoms with Crippen molar-refractivity contribution in [2.75, 3.05) is 13.1 Å². The van der Waals surface area contributed by atoms with Crippen LogP contribution in [0.25, 0.3) is 0 Å². The van der Waals surface area contributed by atoms with Gasteiger partial charge in [0.05, 0.1) is 18.0 Å². The van der Waals surface area contributed by atoms with Crippen molar-refractivity contribution in [3.63, 3.8) is 0 Å². The number of hydrogen-bond donors (Lipinski definition) is 1. The molecule has 1 amide bonds. The molecule has 0 aliphatic carbocycles. The third-order valence-corrected chi connectivity index (χ3v) is 3.36. The van der Waals surface area contributed by atoms with Gasteiger partial charge in [-0.15, -0.1) is 0 Å². The molecule has 0 bridgehead atoms. The van der Waals surface area contributed by atoms with Gasteiger partial charge in [-0.2, -0.15) is 0 Å². The maximum atomic E-state index is 12.2. The Labute approximate surface area is 111 Å². The zero-order valence-electron chi connectivity index (χ0n) is 10.3. The fourth-order valence-corrected chi connectivity index (χ4v) is 2.22. The Morgan fingerprint density at radius 1 is 1.44 bits per heavy atom. The van der Waals surface area contributed by atoms with Crippen LogP contribution in [-0.2, 0) is 0 Å². The van der Waals surface area contributed by atoms with Gasteiger partial charge in [0, 0.05) is 13.1 Å².